The van der Waals surface area contributed by atoms with Gasteiger partial charge in [0, 0.05) is 50.2 Å². The Labute approximate surface area is 218 Å². The van der Waals surface area contributed by atoms with Crippen LogP contribution >= 0.6 is 23.2 Å². The van der Waals surface area contributed by atoms with Crippen LogP contribution in [0.5, 0.6) is 0 Å². The van der Waals surface area contributed by atoms with Crippen molar-refractivity contribution in [1.82, 2.24) is 19.8 Å². The zero-order valence-electron chi connectivity index (χ0n) is 20.9. The largest absolute Gasteiger partial charge is 0.362 e. The molecule has 2 aliphatic heterocycles. The molecule has 0 spiro atoms. The lowest BCUT2D eigenvalue weighted by molar-refractivity contribution is -0.128. The molecule has 1 aromatic heterocycles. The van der Waals surface area contributed by atoms with Crippen LogP contribution in [0, 0.1) is 11.8 Å². The number of carbonyl (C=O) groups is 1. The normalized spacial score (nSPS) is 19.8. The minimum Gasteiger partial charge on any atom is -0.362 e. The maximum Gasteiger partial charge on any atom is 0.222 e. The number of hydrogen-bond acceptors (Lipinski definition) is 6. The Morgan fingerprint density at radius 1 is 1.20 bits per heavy atom. The van der Waals surface area contributed by atoms with Gasteiger partial charge in [0.15, 0.2) is 0 Å². The Balaban J connectivity index is 1.26. The van der Waals surface area contributed by atoms with Crippen LogP contribution in [0.2, 0.25) is 10.0 Å². The molecule has 35 heavy (non-hydrogen) atoms. The van der Waals surface area contributed by atoms with Gasteiger partial charge >= 0.3 is 0 Å². The SMILES string of the molecule is C[C@@H](Nc1cncc(N2CC([C@H]3CCCN(CCCC(=O)N(C)C)C3)C2)n1)c1ccc(Cl)cc1Cl. The smallest absolute Gasteiger partial charge is 0.222 e. The number of likely N-dealkylation sites (tertiary alicyclic amines) is 1. The average molecular weight is 520 g/mol. The zero-order valence-corrected chi connectivity index (χ0v) is 22.4. The van der Waals surface area contributed by atoms with Crippen molar-refractivity contribution in [3.63, 3.8) is 0 Å². The lowest BCUT2D eigenvalue weighted by atomic mass is 9.80. The van der Waals surface area contributed by atoms with Crippen LogP contribution in [-0.2, 0) is 4.79 Å². The molecule has 4 rings (SSSR count). The third kappa shape index (κ3) is 6.78. The lowest BCUT2D eigenvalue weighted by Gasteiger charge is -2.47. The Morgan fingerprint density at radius 2 is 2.00 bits per heavy atom. The number of anilines is 2. The molecule has 2 aliphatic rings. The molecule has 0 bridgehead atoms. The van der Waals surface area contributed by atoms with Crippen molar-refractivity contribution in [1.29, 1.82) is 0 Å². The van der Waals surface area contributed by atoms with E-state index < -0.39 is 0 Å². The molecule has 2 fully saturated rings. The summed E-state index contributed by atoms with van der Waals surface area (Å²) in [7, 11) is 3.65. The van der Waals surface area contributed by atoms with Crippen molar-refractivity contribution in [3.8, 4) is 0 Å². The molecule has 0 radical (unpaired) electrons. The number of aromatic nitrogens is 2. The van der Waals surface area contributed by atoms with Gasteiger partial charge < -0.3 is 20.0 Å². The van der Waals surface area contributed by atoms with Gasteiger partial charge in [0.05, 0.1) is 18.4 Å². The maximum atomic E-state index is 11.8. The first-order chi connectivity index (χ1) is 16.8. The van der Waals surface area contributed by atoms with Crippen molar-refractivity contribution in [3.05, 3.63) is 46.2 Å². The summed E-state index contributed by atoms with van der Waals surface area (Å²) in [5, 5.41) is 4.68. The quantitative estimate of drug-likeness (QED) is 0.505. The standard InChI is InChI=1S/C26H36Cl2N6O/c1-18(22-9-8-21(27)12-23(22)28)30-24-13-29-14-25(31-24)34-16-20(17-34)19-6-4-10-33(15-19)11-5-7-26(35)32(2)3/h8-9,12-14,18-20H,4-7,10-11,15-17H2,1-3H3,(H,30,31)/t18-,19+/m1/s1. The number of benzene rings is 1. The fourth-order valence-electron chi connectivity index (χ4n) is 5.08. The highest BCUT2D eigenvalue weighted by molar-refractivity contribution is 6.35. The lowest BCUT2D eigenvalue weighted by Crippen LogP contribution is -2.54. The van der Waals surface area contributed by atoms with Gasteiger partial charge in [0.1, 0.15) is 11.6 Å². The molecule has 7 nitrogen and oxygen atoms in total. The van der Waals surface area contributed by atoms with Crippen LogP contribution < -0.4 is 10.2 Å². The second kappa shape index (κ2) is 11.8. The Hall–Kier alpha value is -2.09. The van der Waals surface area contributed by atoms with Gasteiger partial charge in [-0.15, -0.1) is 0 Å². The minimum atomic E-state index is -0.0188. The second-order valence-corrected chi connectivity index (χ2v) is 10.9. The van der Waals surface area contributed by atoms with Crippen LogP contribution in [0.1, 0.15) is 44.2 Å². The first kappa shape index (κ1) is 26.0. The van der Waals surface area contributed by atoms with E-state index in [1.54, 1.807) is 17.2 Å². The van der Waals surface area contributed by atoms with Crippen LogP contribution in [0.15, 0.2) is 30.6 Å². The molecule has 0 saturated carbocycles. The van der Waals surface area contributed by atoms with E-state index in [1.807, 2.05) is 39.3 Å². The van der Waals surface area contributed by atoms with Crippen LogP contribution in [-0.4, -0.2) is 72.5 Å². The van der Waals surface area contributed by atoms with E-state index in [0.717, 1.165) is 56.3 Å². The van der Waals surface area contributed by atoms with Gasteiger partial charge in [-0.05, 0) is 68.8 Å². The summed E-state index contributed by atoms with van der Waals surface area (Å²) in [6, 6.07) is 5.52. The van der Waals surface area contributed by atoms with Gasteiger partial charge in [-0.1, -0.05) is 29.3 Å². The van der Waals surface area contributed by atoms with Crippen molar-refractivity contribution < 1.29 is 4.79 Å². The molecule has 1 aromatic carbocycles. The van der Waals surface area contributed by atoms with Crippen LogP contribution in [0.3, 0.4) is 0 Å². The highest BCUT2D eigenvalue weighted by Gasteiger charge is 2.36. The highest BCUT2D eigenvalue weighted by atomic mass is 35.5. The predicted octanol–water partition coefficient (Wildman–Crippen LogP) is 4.97. The van der Waals surface area contributed by atoms with Gasteiger partial charge in [0.25, 0.3) is 0 Å². The zero-order chi connectivity index (χ0) is 24.9. The van der Waals surface area contributed by atoms with E-state index >= 15 is 0 Å². The van der Waals surface area contributed by atoms with E-state index in [9.17, 15) is 4.79 Å². The number of rotatable bonds is 9. The van der Waals surface area contributed by atoms with Crippen LogP contribution in [0.4, 0.5) is 11.6 Å². The number of halogens is 2. The van der Waals surface area contributed by atoms with Gasteiger partial charge in [-0.2, -0.15) is 0 Å². The number of carbonyl (C=O) groups excluding carboxylic acids is 1. The van der Waals surface area contributed by atoms with E-state index in [1.165, 1.54) is 12.8 Å². The van der Waals surface area contributed by atoms with E-state index in [-0.39, 0.29) is 11.9 Å². The van der Waals surface area contributed by atoms with Crippen molar-refractivity contribution in [2.24, 2.45) is 11.8 Å². The van der Waals surface area contributed by atoms with Gasteiger partial charge in [0.2, 0.25) is 5.91 Å². The van der Waals surface area contributed by atoms with Gasteiger partial charge in [-0.3, -0.25) is 9.78 Å². The number of piperidine rings is 1. The monoisotopic (exact) mass is 518 g/mol. The molecule has 2 atom stereocenters. The van der Waals surface area contributed by atoms with E-state index in [0.29, 0.717) is 28.3 Å². The van der Waals surface area contributed by atoms with Crippen LogP contribution in [0.25, 0.3) is 0 Å². The molecular formula is C26H36Cl2N6O. The van der Waals surface area contributed by atoms with Crippen molar-refractivity contribution in [2.75, 3.05) is 57.0 Å². The predicted molar refractivity (Wildman–Crippen MR) is 143 cm³/mol. The highest BCUT2D eigenvalue weighted by Crippen LogP contribution is 2.34. The fourth-order valence-corrected chi connectivity index (χ4v) is 5.66. The molecule has 1 N–H and O–H groups in total. The topological polar surface area (TPSA) is 64.6 Å². The number of amides is 1. The first-order valence-electron chi connectivity index (χ1n) is 12.5. The molecule has 0 unspecified atom stereocenters. The molecular weight excluding hydrogens is 483 g/mol. The summed E-state index contributed by atoms with van der Waals surface area (Å²) in [5.74, 6) is 3.27. The first-order valence-corrected chi connectivity index (χ1v) is 13.3. The number of nitrogens with one attached hydrogen (secondary N) is 1. The fraction of sp³-hybridized carbons (Fsp3) is 0.577. The summed E-state index contributed by atoms with van der Waals surface area (Å²) in [5.41, 5.74) is 0.972. The molecule has 1 amide bonds. The molecule has 2 aromatic rings. The Kier molecular flexibility index (Phi) is 8.73. The maximum absolute atomic E-state index is 11.8. The van der Waals surface area contributed by atoms with E-state index in [2.05, 4.69) is 20.1 Å². The molecule has 9 heteroatoms. The summed E-state index contributed by atoms with van der Waals surface area (Å²) in [6.45, 7) is 7.40. The Bertz CT molecular complexity index is 1010. The third-order valence-electron chi connectivity index (χ3n) is 7.22. The molecule has 190 valence electrons. The Morgan fingerprint density at radius 3 is 2.74 bits per heavy atom. The number of hydrogen-bond donors (Lipinski definition) is 1. The summed E-state index contributed by atoms with van der Waals surface area (Å²) >= 11 is 12.4. The molecule has 0 aliphatic carbocycles. The summed E-state index contributed by atoms with van der Waals surface area (Å²) < 4.78 is 0. The minimum absolute atomic E-state index is 0.0188. The average Bonchev–Trinajstić information content (AvgIpc) is 2.78. The summed E-state index contributed by atoms with van der Waals surface area (Å²) in [4.78, 5) is 27.6. The molecule has 2 saturated heterocycles. The molecule has 3 heterocycles. The third-order valence-corrected chi connectivity index (χ3v) is 7.78. The summed E-state index contributed by atoms with van der Waals surface area (Å²) in [6.07, 6.45) is 7.70. The van der Waals surface area contributed by atoms with E-state index in [4.69, 9.17) is 28.2 Å². The van der Waals surface area contributed by atoms with Crippen molar-refractivity contribution >= 4 is 40.7 Å². The number of nitrogens with zero attached hydrogens (tertiary/aromatic N) is 5. The van der Waals surface area contributed by atoms with Crippen molar-refractivity contribution in [2.45, 2.75) is 38.6 Å². The van der Waals surface area contributed by atoms with Gasteiger partial charge in [-0.25, -0.2) is 4.98 Å². The second-order valence-electron chi connectivity index (χ2n) is 10.1.